The molecule has 0 nitrogen and oxygen atoms in total. The maximum Gasteiger partial charge on any atom is 0.0725 e. The van der Waals surface area contributed by atoms with Gasteiger partial charge in [-0.15, -0.1) is 0 Å². The van der Waals surface area contributed by atoms with Crippen LogP contribution in [0.5, 0.6) is 0 Å². The van der Waals surface area contributed by atoms with Crippen LogP contribution >= 0.6 is 15.9 Å². The van der Waals surface area contributed by atoms with Crippen molar-refractivity contribution in [2.24, 2.45) is 0 Å². The Morgan fingerprint density at radius 3 is 1.28 bits per heavy atom. The highest BCUT2D eigenvalue weighted by Crippen LogP contribution is 2.61. The van der Waals surface area contributed by atoms with Gasteiger partial charge in [-0.2, -0.15) is 0 Å². The second-order valence-electron chi connectivity index (χ2n) is 8.62. The summed E-state index contributed by atoms with van der Waals surface area (Å²) in [5.41, 5.74) is 12.9. The van der Waals surface area contributed by atoms with Gasteiger partial charge in [-0.3, -0.25) is 0 Å². The van der Waals surface area contributed by atoms with Crippen molar-refractivity contribution < 1.29 is 0 Å². The number of benzene rings is 5. The average Bonchev–Trinajstić information content (AvgIpc) is 3.09. The van der Waals surface area contributed by atoms with Crippen molar-refractivity contribution in [2.75, 3.05) is 0 Å². The second-order valence-corrected chi connectivity index (χ2v) is 9.54. The van der Waals surface area contributed by atoms with E-state index in [4.69, 9.17) is 0 Å². The Kier molecular flexibility index (Phi) is 3.72. The molecule has 5 aromatic rings. The summed E-state index contributed by atoms with van der Waals surface area (Å²) in [6.07, 6.45) is 0. The minimum Gasteiger partial charge on any atom is -0.0619 e. The zero-order valence-corrected chi connectivity index (χ0v) is 18.9. The van der Waals surface area contributed by atoms with Crippen molar-refractivity contribution in [3.05, 3.63) is 142 Å². The molecule has 32 heavy (non-hydrogen) atoms. The van der Waals surface area contributed by atoms with Crippen molar-refractivity contribution in [3.63, 3.8) is 0 Å². The smallest absolute Gasteiger partial charge is 0.0619 e. The molecule has 150 valence electrons. The molecule has 0 fully saturated rings. The van der Waals surface area contributed by atoms with E-state index in [9.17, 15) is 0 Å². The number of hydrogen-bond acceptors (Lipinski definition) is 0. The average molecular weight is 471 g/mol. The van der Waals surface area contributed by atoms with E-state index in [1.807, 2.05) is 0 Å². The third-order valence-electron chi connectivity index (χ3n) is 7.18. The number of rotatable bonds is 0. The van der Waals surface area contributed by atoms with Gasteiger partial charge in [0.05, 0.1) is 5.41 Å². The van der Waals surface area contributed by atoms with Crippen molar-refractivity contribution in [1.29, 1.82) is 0 Å². The van der Waals surface area contributed by atoms with Crippen molar-refractivity contribution in [3.8, 4) is 33.4 Å². The van der Waals surface area contributed by atoms with Crippen molar-refractivity contribution >= 4 is 15.9 Å². The topological polar surface area (TPSA) is 0 Å². The summed E-state index contributed by atoms with van der Waals surface area (Å²) in [5.74, 6) is 0. The molecule has 0 atom stereocenters. The van der Waals surface area contributed by atoms with E-state index in [-0.39, 0.29) is 5.41 Å². The van der Waals surface area contributed by atoms with Crippen LogP contribution in [0.1, 0.15) is 22.3 Å². The predicted octanol–water partition coefficient (Wildman–Crippen LogP) is 8.46. The van der Waals surface area contributed by atoms with E-state index in [2.05, 4.69) is 131 Å². The lowest BCUT2D eigenvalue weighted by Crippen LogP contribution is -2.29. The van der Waals surface area contributed by atoms with Gasteiger partial charge < -0.3 is 0 Å². The van der Waals surface area contributed by atoms with Crippen molar-refractivity contribution in [2.45, 2.75) is 5.41 Å². The van der Waals surface area contributed by atoms with Crippen LogP contribution < -0.4 is 0 Å². The summed E-state index contributed by atoms with van der Waals surface area (Å²) in [4.78, 5) is 0. The predicted molar refractivity (Wildman–Crippen MR) is 136 cm³/mol. The molecule has 0 radical (unpaired) electrons. The number of fused-ring (bicyclic) bond motifs is 12. The Morgan fingerprint density at radius 2 is 0.750 bits per heavy atom. The van der Waals surface area contributed by atoms with Crippen LogP contribution in [0.3, 0.4) is 0 Å². The molecule has 0 N–H and O–H groups in total. The molecule has 5 aromatic carbocycles. The molecule has 0 saturated heterocycles. The molecule has 0 aromatic heterocycles. The van der Waals surface area contributed by atoms with E-state index in [0.29, 0.717) is 0 Å². The highest BCUT2D eigenvalue weighted by Gasteiger charge is 2.49. The van der Waals surface area contributed by atoms with Crippen LogP contribution in [0.4, 0.5) is 0 Å². The molecule has 2 aliphatic carbocycles. The molecule has 0 bridgehead atoms. The Hall–Kier alpha value is -3.42. The summed E-state index contributed by atoms with van der Waals surface area (Å²) in [7, 11) is 0. The lowest BCUT2D eigenvalue weighted by atomic mass is 9.66. The summed E-state index contributed by atoms with van der Waals surface area (Å²) < 4.78 is 1.10. The lowest BCUT2D eigenvalue weighted by Gasteiger charge is -2.35. The molecular formula is C31H19Br. The largest absolute Gasteiger partial charge is 0.0725 e. The fraction of sp³-hybridized carbons (Fsp3) is 0.0323. The zero-order valence-electron chi connectivity index (χ0n) is 17.3. The maximum atomic E-state index is 3.76. The lowest BCUT2D eigenvalue weighted by molar-refractivity contribution is 0.775. The van der Waals surface area contributed by atoms with Gasteiger partial charge in [0, 0.05) is 4.47 Å². The summed E-state index contributed by atoms with van der Waals surface area (Å²) in [6, 6.07) is 42.6. The SMILES string of the molecule is Brc1ccc2c(c1)-c1ccccc1-c1ccccc1C21c2ccccc2-c2ccccc21. The molecule has 0 unspecified atom stereocenters. The normalized spacial score (nSPS) is 14.0. The van der Waals surface area contributed by atoms with E-state index in [1.54, 1.807) is 0 Å². The first-order valence-electron chi connectivity index (χ1n) is 11.0. The van der Waals surface area contributed by atoms with Gasteiger partial charge in [-0.05, 0) is 67.8 Å². The van der Waals surface area contributed by atoms with Gasteiger partial charge in [0.1, 0.15) is 0 Å². The van der Waals surface area contributed by atoms with Crippen LogP contribution in [0, 0.1) is 0 Å². The third-order valence-corrected chi connectivity index (χ3v) is 7.67. The molecule has 0 amide bonds. The van der Waals surface area contributed by atoms with E-state index < -0.39 is 0 Å². The molecular weight excluding hydrogens is 452 g/mol. The first-order valence-corrected chi connectivity index (χ1v) is 11.8. The van der Waals surface area contributed by atoms with Crippen LogP contribution in [0.15, 0.2) is 120 Å². The minimum atomic E-state index is -0.362. The van der Waals surface area contributed by atoms with Gasteiger partial charge in [0.2, 0.25) is 0 Å². The maximum absolute atomic E-state index is 3.76. The monoisotopic (exact) mass is 470 g/mol. The van der Waals surface area contributed by atoms with E-state index in [1.165, 1.54) is 55.6 Å². The highest BCUT2D eigenvalue weighted by molar-refractivity contribution is 9.10. The van der Waals surface area contributed by atoms with Gasteiger partial charge in [-0.25, -0.2) is 0 Å². The van der Waals surface area contributed by atoms with Crippen LogP contribution in [0.2, 0.25) is 0 Å². The Bertz CT molecular complexity index is 1500. The van der Waals surface area contributed by atoms with Gasteiger partial charge in [-0.1, -0.05) is 119 Å². The molecule has 1 heteroatoms. The third kappa shape index (κ3) is 2.17. The fourth-order valence-corrected chi connectivity index (χ4v) is 6.39. The first-order chi connectivity index (χ1) is 15.8. The van der Waals surface area contributed by atoms with Gasteiger partial charge >= 0.3 is 0 Å². The molecule has 0 saturated carbocycles. The van der Waals surface area contributed by atoms with Crippen molar-refractivity contribution in [1.82, 2.24) is 0 Å². The minimum absolute atomic E-state index is 0.362. The Labute approximate surface area is 196 Å². The Morgan fingerprint density at radius 1 is 0.375 bits per heavy atom. The highest BCUT2D eigenvalue weighted by atomic mass is 79.9. The van der Waals surface area contributed by atoms with Crippen LogP contribution in [-0.4, -0.2) is 0 Å². The summed E-state index contributed by atoms with van der Waals surface area (Å²) >= 11 is 3.76. The number of hydrogen-bond donors (Lipinski definition) is 0. The van der Waals surface area contributed by atoms with Gasteiger partial charge in [0.15, 0.2) is 0 Å². The Balaban J connectivity index is 1.78. The van der Waals surface area contributed by atoms with Crippen LogP contribution in [0.25, 0.3) is 33.4 Å². The molecule has 0 aliphatic heterocycles. The summed E-state index contributed by atoms with van der Waals surface area (Å²) in [5, 5.41) is 0. The second kappa shape index (κ2) is 6.54. The number of halogens is 1. The first kappa shape index (κ1) is 18.2. The van der Waals surface area contributed by atoms with Gasteiger partial charge in [0.25, 0.3) is 0 Å². The zero-order chi connectivity index (χ0) is 21.3. The quantitative estimate of drug-likeness (QED) is 0.208. The standard InChI is InChI=1S/C31H19Br/c32-20-17-18-30-26(19-20)22-10-2-1-9-21(22)23-11-3-6-14-27(23)31(30)28-15-7-4-12-24(28)25-13-5-8-16-29(25)31/h1-19H. The van der Waals surface area contributed by atoms with Crippen LogP contribution in [-0.2, 0) is 5.41 Å². The summed E-state index contributed by atoms with van der Waals surface area (Å²) in [6.45, 7) is 0. The fourth-order valence-electron chi connectivity index (χ4n) is 6.02. The molecule has 1 spiro atoms. The van der Waals surface area contributed by atoms with E-state index in [0.717, 1.165) is 4.47 Å². The van der Waals surface area contributed by atoms with E-state index >= 15 is 0 Å². The molecule has 7 rings (SSSR count). The molecule has 0 heterocycles. The molecule has 2 aliphatic rings.